The van der Waals surface area contributed by atoms with E-state index in [1.54, 1.807) is 24.3 Å². The normalized spacial score (nSPS) is 13.6. The summed E-state index contributed by atoms with van der Waals surface area (Å²) in [6.45, 7) is -0.185. The lowest BCUT2D eigenvalue weighted by atomic mass is 10.0. The van der Waals surface area contributed by atoms with Gasteiger partial charge in [0.2, 0.25) is 0 Å². The van der Waals surface area contributed by atoms with Crippen molar-refractivity contribution in [1.82, 2.24) is 0 Å². The first-order valence-electron chi connectivity index (χ1n) is 9.20. The predicted molar refractivity (Wildman–Crippen MR) is 128 cm³/mol. The second kappa shape index (κ2) is 9.14. The molecule has 0 spiro atoms. The van der Waals surface area contributed by atoms with Crippen LogP contribution < -0.4 is 15.4 Å². The van der Waals surface area contributed by atoms with Crippen molar-refractivity contribution in [2.45, 2.75) is 0 Å². The number of halogens is 3. The van der Waals surface area contributed by atoms with Crippen LogP contribution in [-0.4, -0.2) is 18.4 Å². The van der Waals surface area contributed by atoms with Crippen LogP contribution in [0, 0.1) is 0 Å². The number of para-hydroxylation sites is 1. The van der Waals surface area contributed by atoms with Crippen molar-refractivity contribution in [1.29, 1.82) is 0 Å². The molecule has 0 aromatic heterocycles. The SMILES string of the molecule is O=C(COc1ccc(/C=C2\C(=O)Nc3ccccc32)cc1Br)Nc1ccc(Cl)c(Cl)c1. The van der Waals surface area contributed by atoms with Crippen LogP contribution in [0.4, 0.5) is 11.4 Å². The molecule has 0 bridgehead atoms. The maximum absolute atomic E-state index is 12.3. The van der Waals surface area contributed by atoms with Crippen LogP contribution in [0.25, 0.3) is 11.6 Å². The molecule has 0 saturated heterocycles. The van der Waals surface area contributed by atoms with Crippen molar-refractivity contribution in [3.8, 4) is 5.75 Å². The summed E-state index contributed by atoms with van der Waals surface area (Å²) in [6, 6.07) is 17.7. The van der Waals surface area contributed by atoms with Gasteiger partial charge in [-0.2, -0.15) is 0 Å². The molecular weight excluding hydrogens is 503 g/mol. The fraction of sp³-hybridized carbons (Fsp3) is 0.0435. The number of anilines is 2. The van der Waals surface area contributed by atoms with E-state index in [4.69, 9.17) is 27.9 Å². The van der Waals surface area contributed by atoms with Crippen LogP contribution >= 0.6 is 39.1 Å². The summed E-state index contributed by atoms with van der Waals surface area (Å²) in [4.78, 5) is 24.4. The first kappa shape index (κ1) is 21.4. The number of amides is 2. The summed E-state index contributed by atoms with van der Waals surface area (Å²) in [5, 5.41) is 6.31. The molecule has 3 aromatic carbocycles. The molecule has 0 radical (unpaired) electrons. The molecule has 0 atom stereocenters. The van der Waals surface area contributed by atoms with Crippen LogP contribution in [0.5, 0.6) is 5.75 Å². The number of nitrogens with one attached hydrogen (secondary N) is 2. The minimum atomic E-state index is -0.337. The molecule has 31 heavy (non-hydrogen) atoms. The number of benzene rings is 3. The van der Waals surface area contributed by atoms with Gasteiger partial charge >= 0.3 is 0 Å². The summed E-state index contributed by atoms with van der Waals surface area (Å²) in [7, 11) is 0. The molecule has 8 heteroatoms. The molecule has 2 amide bonds. The van der Waals surface area contributed by atoms with Gasteiger partial charge in [-0.3, -0.25) is 9.59 Å². The van der Waals surface area contributed by atoms with Gasteiger partial charge in [0.25, 0.3) is 11.8 Å². The molecule has 1 aliphatic heterocycles. The molecule has 5 nitrogen and oxygen atoms in total. The summed E-state index contributed by atoms with van der Waals surface area (Å²) >= 11 is 15.3. The van der Waals surface area contributed by atoms with Gasteiger partial charge in [0, 0.05) is 22.5 Å². The Labute approximate surface area is 197 Å². The van der Waals surface area contributed by atoms with Gasteiger partial charge in [-0.1, -0.05) is 47.5 Å². The van der Waals surface area contributed by atoms with Gasteiger partial charge in [0.1, 0.15) is 5.75 Å². The average molecular weight is 518 g/mol. The monoisotopic (exact) mass is 516 g/mol. The maximum atomic E-state index is 12.3. The molecular formula is C23H15BrCl2N2O3. The van der Waals surface area contributed by atoms with Gasteiger partial charge in [-0.05, 0) is 64.0 Å². The van der Waals surface area contributed by atoms with E-state index in [1.165, 1.54) is 0 Å². The van der Waals surface area contributed by atoms with E-state index in [0.717, 1.165) is 16.8 Å². The Balaban J connectivity index is 1.43. The third kappa shape index (κ3) is 4.93. The summed E-state index contributed by atoms with van der Waals surface area (Å²) < 4.78 is 6.27. The van der Waals surface area contributed by atoms with Gasteiger partial charge in [-0.15, -0.1) is 0 Å². The van der Waals surface area contributed by atoms with E-state index in [0.29, 0.717) is 31.5 Å². The zero-order valence-electron chi connectivity index (χ0n) is 15.9. The Morgan fingerprint density at radius 1 is 1.06 bits per heavy atom. The van der Waals surface area contributed by atoms with E-state index in [2.05, 4.69) is 26.6 Å². The Morgan fingerprint density at radius 2 is 1.87 bits per heavy atom. The summed E-state index contributed by atoms with van der Waals surface area (Å²) in [6.07, 6.45) is 1.81. The predicted octanol–water partition coefficient (Wildman–Crippen LogP) is 6.27. The average Bonchev–Trinajstić information content (AvgIpc) is 3.05. The van der Waals surface area contributed by atoms with E-state index in [1.807, 2.05) is 42.5 Å². The van der Waals surface area contributed by atoms with Crippen LogP contribution in [0.1, 0.15) is 11.1 Å². The highest BCUT2D eigenvalue weighted by Gasteiger charge is 2.23. The van der Waals surface area contributed by atoms with Crippen LogP contribution in [0.3, 0.4) is 0 Å². The van der Waals surface area contributed by atoms with Gasteiger partial charge < -0.3 is 15.4 Å². The molecule has 0 saturated carbocycles. The fourth-order valence-electron chi connectivity index (χ4n) is 3.09. The van der Waals surface area contributed by atoms with Crippen LogP contribution in [-0.2, 0) is 9.59 Å². The zero-order valence-corrected chi connectivity index (χ0v) is 19.0. The standard InChI is InChI=1S/C23H15BrCl2N2O3/c24-17-10-13(9-16-15-3-1-2-4-20(15)28-23(16)30)5-8-21(17)31-12-22(29)27-14-6-7-18(25)19(26)11-14/h1-11H,12H2,(H,27,29)(H,28,30)/b16-9-. The van der Waals surface area contributed by atoms with Gasteiger partial charge in [-0.25, -0.2) is 0 Å². The van der Waals surface area contributed by atoms with Crippen LogP contribution in [0.15, 0.2) is 65.1 Å². The highest BCUT2D eigenvalue weighted by molar-refractivity contribution is 9.10. The van der Waals surface area contributed by atoms with Gasteiger partial charge in [0.15, 0.2) is 6.61 Å². The quantitative estimate of drug-likeness (QED) is 0.392. The van der Waals surface area contributed by atoms with Crippen molar-refractivity contribution in [2.24, 2.45) is 0 Å². The molecule has 1 heterocycles. The largest absolute Gasteiger partial charge is 0.483 e. The van der Waals surface area contributed by atoms with Crippen molar-refractivity contribution < 1.29 is 14.3 Å². The van der Waals surface area contributed by atoms with Crippen molar-refractivity contribution in [2.75, 3.05) is 17.2 Å². The number of hydrogen-bond acceptors (Lipinski definition) is 3. The smallest absolute Gasteiger partial charge is 0.262 e. The van der Waals surface area contributed by atoms with E-state index < -0.39 is 0 Å². The lowest BCUT2D eigenvalue weighted by Crippen LogP contribution is -2.20. The number of hydrogen-bond donors (Lipinski definition) is 2. The van der Waals surface area contributed by atoms with E-state index in [9.17, 15) is 9.59 Å². The van der Waals surface area contributed by atoms with Gasteiger partial charge in [0.05, 0.1) is 14.5 Å². The molecule has 4 rings (SSSR count). The molecule has 0 unspecified atom stereocenters. The topological polar surface area (TPSA) is 67.4 Å². The number of carbonyl (C=O) groups is 2. The lowest BCUT2D eigenvalue weighted by Gasteiger charge is -2.10. The zero-order chi connectivity index (χ0) is 22.0. The van der Waals surface area contributed by atoms with Crippen molar-refractivity contribution in [3.63, 3.8) is 0 Å². The van der Waals surface area contributed by atoms with E-state index in [-0.39, 0.29) is 18.4 Å². The highest BCUT2D eigenvalue weighted by atomic mass is 79.9. The Bertz CT molecular complexity index is 1230. The van der Waals surface area contributed by atoms with Crippen molar-refractivity contribution in [3.05, 3.63) is 86.3 Å². The number of fused-ring (bicyclic) bond motifs is 1. The summed E-state index contributed by atoms with van der Waals surface area (Å²) in [5.41, 5.74) is 3.60. The van der Waals surface area contributed by atoms with Crippen LogP contribution in [0.2, 0.25) is 10.0 Å². The maximum Gasteiger partial charge on any atom is 0.262 e. The minimum absolute atomic E-state index is 0.142. The number of ether oxygens (including phenoxy) is 1. The third-order valence-corrected chi connectivity index (χ3v) is 5.90. The lowest BCUT2D eigenvalue weighted by molar-refractivity contribution is -0.118. The fourth-order valence-corrected chi connectivity index (χ4v) is 3.90. The Morgan fingerprint density at radius 3 is 2.65 bits per heavy atom. The molecule has 0 aliphatic carbocycles. The van der Waals surface area contributed by atoms with Crippen molar-refractivity contribution >= 4 is 74.0 Å². The first-order valence-corrected chi connectivity index (χ1v) is 10.8. The molecule has 1 aliphatic rings. The number of carbonyl (C=O) groups excluding carboxylic acids is 2. The minimum Gasteiger partial charge on any atom is -0.483 e. The second-order valence-corrected chi connectivity index (χ2v) is 8.38. The molecule has 2 N–H and O–H groups in total. The summed E-state index contributed by atoms with van der Waals surface area (Å²) in [5.74, 6) is 0.0232. The number of rotatable bonds is 5. The van der Waals surface area contributed by atoms with E-state index >= 15 is 0 Å². The molecule has 0 fully saturated rings. The third-order valence-electron chi connectivity index (χ3n) is 4.54. The molecule has 156 valence electrons. The Kier molecular flexibility index (Phi) is 6.32. The highest BCUT2D eigenvalue weighted by Crippen LogP contribution is 2.34. The second-order valence-electron chi connectivity index (χ2n) is 6.71. The Hall–Kier alpha value is -2.80. The first-order chi connectivity index (χ1) is 14.9. The molecule has 3 aromatic rings.